The predicted octanol–water partition coefficient (Wildman–Crippen LogP) is 2.80. The fraction of sp³-hybridized carbons (Fsp3) is 0.333. The smallest absolute Gasteiger partial charge is 0.159 e. The minimum absolute atomic E-state index is 0.381. The molecule has 1 N–H and O–H groups in total. The van der Waals surface area contributed by atoms with Gasteiger partial charge < -0.3 is 5.11 Å². The molecular weight excluding hydrogens is 198 g/mol. The normalized spacial score (nSPS) is 11.7. The Labute approximate surface area is 87.7 Å². The Morgan fingerprint density at radius 2 is 2.07 bits per heavy atom. The van der Waals surface area contributed by atoms with Crippen molar-refractivity contribution in [2.24, 2.45) is 0 Å². The minimum atomic E-state index is -0.937. The number of rotatable bonds is 3. The molecule has 80 valence electrons. The third-order valence-electron chi connectivity index (χ3n) is 2.05. The van der Waals surface area contributed by atoms with E-state index in [-0.39, 0.29) is 0 Å². The maximum atomic E-state index is 12.8. The molecule has 1 atom stereocenters. The van der Waals surface area contributed by atoms with E-state index in [0.29, 0.717) is 18.4 Å². The van der Waals surface area contributed by atoms with E-state index < -0.39 is 17.7 Å². The Morgan fingerprint density at radius 3 is 2.67 bits per heavy atom. The molecule has 0 saturated heterocycles. The number of aliphatic hydroxyl groups is 1. The van der Waals surface area contributed by atoms with Gasteiger partial charge in [-0.15, -0.1) is 11.8 Å². The fourth-order valence-electron chi connectivity index (χ4n) is 1.22. The van der Waals surface area contributed by atoms with E-state index in [1.807, 2.05) is 0 Å². The first-order chi connectivity index (χ1) is 7.15. The first kappa shape index (κ1) is 11.7. The van der Waals surface area contributed by atoms with Crippen LogP contribution in [0.25, 0.3) is 0 Å². The maximum absolute atomic E-state index is 12.8. The third-order valence-corrected chi connectivity index (χ3v) is 2.05. The van der Waals surface area contributed by atoms with Gasteiger partial charge >= 0.3 is 0 Å². The summed E-state index contributed by atoms with van der Waals surface area (Å²) in [7, 11) is 0. The molecule has 1 nitrogen and oxygen atoms in total. The molecule has 1 rings (SSSR count). The SMILES string of the molecule is CC#CCCC(O)c1ccc(F)c(F)c1. The molecule has 15 heavy (non-hydrogen) atoms. The van der Waals surface area contributed by atoms with E-state index in [0.717, 1.165) is 12.1 Å². The zero-order valence-electron chi connectivity index (χ0n) is 8.43. The molecule has 0 radical (unpaired) electrons. The van der Waals surface area contributed by atoms with E-state index in [9.17, 15) is 13.9 Å². The van der Waals surface area contributed by atoms with Crippen molar-refractivity contribution in [2.75, 3.05) is 0 Å². The topological polar surface area (TPSA) is 20.2 Å². The fourth-order valence-corrected chi connectivity index (χ4v) is 1.22. The van der Waals surface area contributed by atoms with Crippen LogP contribution < -0.4 is 0 Å². The highest BCUT2D eigenvalue weighted by Gasteiger charge is 2.09. The lowest BCUT2D eigenvalue weighted by Gasteiger charge is -2.09. The molecule has 0 aliphatic rings. The van der Waals surface area contributed by atoms with Crippen molar-refractivity contribution in [3.63, 3.8) is 0 Å². The molecule has 3 heteroatoms. The third kappa shape index (κ3) is 3.34. The lowest BCUT2D eigenvalue weighted by atomic mass is 10.0. The van der Waals surface area contributed by atoms with Gasteiger partial charge in [-0.3, -0.25) is 0 Å². The van der Waals surface area contributed by atoms with E-state index in [2.05, 4.69) is 11.8 Å². The number of halogens is 2. The Hall–Kier alpha value is -1.40. The first-order valence-electron chi connectivity index (χ1n) is 4.67. The van der Waals surface area contributed by atoms with Crippen LogP contribution in [0.1, 0.15) is 31.4 Å². The van der Waals surface area contributed by atoms with Crippen molar-refractivity contribution >= 4 is 0 Å². The molecule has 1 aromatic rings. The first-order valence-corrected chi connectivity index (χ1v) is 4.67. The number of aliphatic hydroxyl groups excluding tert-OH is 1. The van der Waals surface area contributed by atoms with Gasteiger partial charge in [0.05, 0.1) is 6.10 Å². The minimum Gasteiger partial charge on any atom is -0.388 e. The molecule has 0 bridgehead atoms. The Bertz CT molecular complexity index is 390. The number of benzene rings is 1. The summed E-state index contributed by atoms with van der Waals surface area (Å²) in [4.78, 5) is 0. The molecule has 0 heterocycles. The van der Waals surface area contributed by atoms with Crippen LogP contribution >= 0.6 is 0 Å². The predicted molar refractivity (Wildman–Crippen MR) is 54.0 cm³/mol. The summed E-state index contributed by atoms with van der Waals surface area (Å²) in [6, 6.07) is 3.40. The second-order valence-electron chi connectivity index (χ2n) is 3.15. The van der Waals surface area contributed by atoms with Crippen LogP contribution in [0.2, 0.25) is 0 Å². The van der Waals surface area contributed by atoms with Gasteiger partial charge in [-0.1, -0.05) is 6.07 Å². The van der Waals surface area contributed by atoms with Crippen molar-refractivity contribution in [3.05, 3.63) is 35.4 Å². The number of hydrogen-bond donors (Lipinski definition) is 1. The molecule has 1 aromatic carbocycles. The van der Waals surface area contributed by atoms with Crippen LogP contribution in [-0.4, -0.2) is 5.11 Å². The van der Waals surface area contributed by atoms with Gasteiger partial charge in [0.2, 0.25) is 0 Å². The Balaban J connectivity index is 2.68. The van der Waals surface area contributed by atoms with Gasteiger partial charge in [0.25, 0.3) is 0 Å². The molecular formula is C12H12F2O. The lowest BCUT2D eigenvalue weighted by molar-refractivity contribution is 0.169. The molecule has 0 spiro atoms. The largest absolute Gasteiger partial charge is 0.388 e. The van der Waals surface area contributed by atoms with Crippen LogP contribution in [0.5, 0.6) is 0 Å². The molecule has 0 fully saturated rings. The highest BCUT2D eigenvalue weighted by molar-refractivity contribution is 5.20. The summed E-state index contributed by atoms with van der Waals surface area (Å²) < 4.78 is 25.4. The van der Waals surface area contributed by atoms with Crippen LogP contribution in [0.3, 0.4) is 0 Å². The van der Waals surface area contributed by atoms with E-state index in [4.69, 9.17) is 0 Å². The van der Waals surface area contributed by atoms with Crippen LogP contribution in [0.15, 0.2) is 18.2 Å². The van der Waals surface area contributed by atoms with Gasteiger partial charge in [0.15, 0.2) is 11.6 Å². The van der Waals surface area contributed by atoms with E-state index >= 15 is 0 Å². The summed E-state index contributed by atoms with van der Waals surface area (Å²) >= 11 is 0. The average Bonchev–Trinajstić information content (AvgIpc) is 2.22. The summed E-state index contributed by atoms with van der Waals surface area (Å²) in [6.07, 6.45) is 0.170. The Kier molecular flexibility index (Phi) is 4.26. The van der Waals surface area contributed by atoms with Crippen LogP contribution in [0.4, 0.5) is 8.78 Å². The summed E-state index contributed by atoms with van der Waals surface area (Å²) in [5.41, 5.74) is 0.381. The van der Waals surface area contributed by atoms with Gasteiger partial charge in [0, 0.05) is 6.42 Å². The standard InChI is InChI=1S/C12H12F2O/c1-2-3-4-5-12(15)9-6-7-10(13)11(14)8-9/h6-8,12,15H,4-5H2,1H3. The second-order valence-corrected chi connectivity index (χ2v) is 3.15. The van der Waals surface area contributed by atoms with Gasteiger partial charge in [0.1, 0.15) is 0 Å². The van der Waals surface area contributed by atoms with E-state index in [1.165, 1.54) is 6.07 Å². The van der Waals surface area contributed by atoms with E-state index in [1.54, 1.807) is 6.92 Å². The van der Waals surface area contributed by atoms with Gasteiger partial charge in [-0.05, 0) is 31.0 Å². The quantitative estimate of drug-likeness (QED) is 0.760. The van der Waals surface area contributed by atoms with Crippen molar-refractivity contribution in [2.45, 2.75) is 25.9 Å². The van der Waals surface area contributed by atoms with Crippen molar-refractivity contribution < 1.29 is 13.9 Å². The highest BCUT2D eigenvalue weighted by atomic mass is 19.2. The second kappa shape index (κ2) is 5.47. The molecule has 1 unspecified atom stereocenters. The van der Waals surface area contributed by atoms with Crippen molar-refractivity contribution in [1.29, 1.82) is 0 Å². The zero-order valence-corrected chi connectivity index (χ0v) is 8.43. The summed E-state index contributed by atoms with van der Waals surface area (Å²) in [5.74, 6) is 3.66. The van der Waals surface area contributed by atoms with Crippen molar-refractivity contribution in [3.8, 4) is 11.8 Å². The number of hydrogen-bond acceptors (Lipinski definition) is 1. The van der Waals surface area contributed by atoms with Crippen LogP contribution in [-0.2, 0) is 0 Å². The van der Waals surface area contributed by atoms with Gasteiger partial charge in [-0.25, -0.2) is 8.78 Å². The molecule has 0 saturated carbocycles. The zero-order chi connectivity index (χ0) is 11.3. The highest BCUT2D eigenvalue weighted by Crippen LogP contribution is 2.19. The molecule has 0 amide bonds. The molecule has 0 aromatic heterocycles. The van der Waals surface area contributed by atoms with Gasteiger partial charge in [-0.2, -0.15) is 0 Å². The lowest BCUT2D eigenvalue weighted by Crippen LogP contribution is -1.98. The summed E-state index contributed by atoms with van der Waals surface area (Å²) in [5, 5.41) is 9.61. The average molecular weight is 210 g/mol. The monoisotopic (exact) mass is 210 g/mol. The molecule has 0 aliphatic heterocycles. The van der Waals surface area contributed by atoms with Crippen LogP contribution in [0, 0.1) is 23.5 Å². The molecule has 0 aliphatic carbocycles. The summed E-state index contributed by atoms with van der Waals surface area (Å²) in [6.45, 7) is 1.71. The Morgan fingerprint density at radius 1 is 1.33 bits per heavy atom. The maximum Gasteiger partial charge on any atom is 0.159 e. The van der Waals surface area contributed by atoms with Crippen molar-refractivity contribution in [1.82, 2.24) is 0 Å².